The van der Waals surface area contributed by atoms with Crippen LogP contribution in [0.2, 0.25) is 0 Å². The molecule has 1 N–H and O–H groups in total. The minimum atomic E-state index is -0.284. The predicted octanol–water partition coefficient (Wildman–Crippen LogP) is 3.24. The first kappa shape index (κ1) is 19.1. The third kappa shape index (κ3) is 3.60. The highest BCUT2D eigenvalue weighted by Crippen LogP contribution is 2.33. The van der Waals surface area contributed by atoms with Crippen molar-refractivity contribution in [2.45, 2.75) is 25.7 Å². The van der Waals surface area contributed by atoms with Gasteiger partial charge in [-0.3, -0.25) is 14.7 Å². The van der Waals surface area contributed by atoms with Gasteiger partial charge in [0, 0.05) is 43.0 Å². The number of halogens is 1. The highest BCUT2D eigenvalue weighted by atomic mass is 19.1. The zero-order valence-electron chi connectivity index (χ0n) is 16.5. The Kier molecular flexibility index (Phi) is 5.05. The van der Waals surface area contributed by atoms with E-state index in [0.29, 0.717) is 13.1 Å². The first-order valence-corrected chi connectivity index (χ1v) is 9.71. The van der Waals surface area contributed by atoms with Crippen LogP contribution in [0.25, 0.3) is 11.1 Å². The Morgan fingerprint density at radius 2 is 1.97 bits per heavy atom. The molecule has 6 nitrogen and oxygen atoms in total. The fourth-order valence-electron chi connectivity index (χ4n) is 3.93. The van der Waals surface area contributed by atoms with E-state index in [0.717, 1.165) is 35.4 Å². The van der Waals surface area contributed by atoms with E-state index in [1.807, 2.05) is 6.92 Å². The number of rotatable bonds is 3. The number of carbonyl (C=O) groups is 1. The number of H-pyrrole nitrogens is 1. The van der Waals surface area contributed by atoms with Crippen molar-refractivity contribution in [3.63, 3.8) is 0 Å². The molecule has 1 atom stereocenters. The number of hydrogen-bond donors (Lipinski definition) is 1. The third-order valence-corrected chi connectivity index (χ3v) is 5.73. The summed E-state index contributed by atoms with van der Waals surface area (Å²) in [7, 11) is 1.67. The van der Waals surface area contributed by atoms with Crippen LogP contribution in [-0.4, -0.2) is 38.7 Å². The summed E-state index contributed by atoms with van der Waals surface area (Å²) in [5.74, 6) is -0.449. The smallest absolute Gasteiger partial charge is 0.263 e. The minimum Gasteiger partial charge on any atom is -0.338 e. The van der Waals surface area contributed by atoms with Crippen LogP contribution in [0.4, 0.5) is 4.39 Å². The molecule has 1 saturated heterocycles. The number of aryl methyl sites for hydroxylation is 1. The standard InChI is InChI=1S/C22H23FN4O2/c1-14-5-10-18(21(28)26(14)2)22(29)27-11-3-4-16(13-27)20-19(12-24-25-20)15-6-8-17(23)9-7-15/h5-10,12,16H,3-4,11,13H2,1-2H3,(H,24,25)/t16-/m1/s1. The second kappa shape index (κ2) is 7.66. The van der Waals surface area contributed by atoms with Gasteiger partial charge in [-0.25, -0.2) is 4.39 Å². The zero-order valence-corrected chi connectivity index (χ0v) is 16.5. The molecule has 0 saturated carbocycles. The molecule has 4 rings (SSSR count). The Labute approximate surface area is 168 Å². The van der Waals surface area contributed by atoms with Gasteiger partial charge in [-0.2, -0.15) is 5.10 Å². The lowest BCUT2D eigenvalue weighted by Crippen LogP contribution is -2.42. The van der Waals surface area contributed by atoms with Crippen molar-refractivity contribution < 1.29 is 9.18 Å². The molecular weight excluding hydrogens is 371 g/mol. The number of piperidine rings is 1. The van der Waals surface area contributed by atoms with E-state index in [4.69, 9.17) is 0 Å². The Morgan fingerprint density at radius 3 is 2.72 bits per heavy atom. The molecule has 1 aliphatic rings. The number of amides is 1. The number of pyridine rings is 1. The van der Waals surface area contributed by atoms with Crippen LogP contribution in [-0.2, 0) is 7.05 Å². The predicted molar refractivity (Wildman–Crippen MR) is 108 cm³/mol. The van der Waals surface area contributed by atoms with Gasteiger partial charge in [-0.15, -0.1) is 0 Å². The van der Waals surface area contributed by atoms with Gasteiger partial charge in [-0.05, 0) is 49.6 Å². The van der Waals surface area contributed by atoms with E-state index in [1.54, 1.807) is 42.4 Å². The minimum absolute atomic E-state index is 0.0737. The maximum atomic E-state index is 13.3. The van der Waals surface area contributed by atoms with E-state index >= 15 is 0 Å². The van der Waals surface area contributed by atoms with Gasteiger partial charge >= 0.3 is 0 Å². The summed E-state index contributed by atoms with van der Waals surface area (Å²) in [6.07, 6.45) is 3.48. The van der Waals surface area contributed by atoms with Crippen LogP contribution in [0.5, 0.6) is 0 Å². The van der Waals surface area contributed by atoms with Crippen LogP contribution < -0.4 is 5.56 Å². The molecule has 0 aliphatic carbocycles. The maximum absolute atomic E-state index is 13.3. The van der Waals surface area contributed by atoms with E-state index in [1.165, 1.54) is 16.7 Å². The molecule has 150 valence electrons. The van der Waals surface area contributed by atoms with Crippen LogP contribution in [0.15, 0.2) is 47.4 Å². The second-order valence-corrected chi connectivity index (χ2v) is 7.55. The summed E-state index contributed by atoms with van der Waals surface area (Å²) in [6, 6.07) is 9.71. The summed E-state index contributed by atoms with van der Waals surface area (Å²) in [6.45, 7) is 2.96. The monoisotopic (exact) mass is 394 g/mol. The summed E-state index contributed by atoms with van der Waals surface area (Å²) < 4.78 is 14.8. The summed E-state index contributed by atoms with van der Waals surface area (Å²) >= 11 is 0. The summed E-state index contributed by atoms with van der Waals surface area (Å²) in [5, 5.41) is 7.25. The maximum Gasteiger partial charge on any atom is 0.263 e. The number of aromatic amines is 1. The lowest BCUT2D eigenvalue weighted by atomic mass is 9.90. The molecule has 1 aromatic carbocycles. The number of carbonyl (C=O) groups excluding carboxylic acids is 1. The average Bonchev–Trinajstić information content (AvgIpc) is 3.22. The number of hydrogen-bond acceptors (Lipinski definition) is 3. The fraction of sp³-hybridized carbons (Fsp3) is 0.318. The van der Waals surface area contributed by atoms with Gasteiger partial charge in [-0.1, -0.05) is 12.1 Å². The van der Waals surface area contributed by atoms with Crippen molar-refractivity contribution in [3.8, 4) is 11.1 Å². The second-order valence-electron chi connectivity index (χ2n) is 7.55. The Hall–Kier alpha value is -3.22. The Morgan fingerprint density at radius 1 is 1.21 bits per heavy atom. The number of likely N-dealkylation sites (tertiary alicyclic amines) is 1. The van der Waals surface area contributed by atoms with Crippen molar-refractivity contribution in [2.75, 3.05) is 13.1 Å². The SMILES string of the molecule is Cc1ccc(C(=O)N2CCC[C@@H](c3[nH]ncc3-c3ccc(F)cc3)C2)c(=O)n1C. The Balaban J connectivity index is 1.59. The van der Waals surface area contributed by atoms with Crippen LogP contribution in [0.3, 0.4) is 0 Å². The molecule has 0 spiro atoms. The van der Waals surface area contributed by atoms with Crippen molar-refractivity contribution in [1.29, 1.82) is 0 Å². The van der Waals surface area contributed by atoms with Crippen molar-refractivity contribution >= 4 is 5.91 Å². The lowest BCUT2D eigenvalue weighted by Gasteiger charge is -2.32. The molecule has 1 aliphatic heterocycles. The molecule has 29 heavy (non-hydrogen) atoms. The van der Waals surface area contributed by atoms with Crippen LogP contribution in [0.1, 0.15) is 40.5 Å². The van der Waals surface area contributed by atoms with E-state index in [-0.39, 0.29) is 28.8 Å². The number of nitrogens with one attached hydrogen (secondary N) is 1. The number of benzene rings is 1. The number of aromatic nitrogens is 3. The van der Waals surface area contributed by atoms with E-state index < -0.39 is 0 Å². The van der Waals surface area contributed by atoms with Gasteiger partial charge in [0.2, 0.25) is 0 Å². The molecule has 3 aromatic rings. The molecule has 0 unspecified atom stereocenters. The van der Waals surface area contributed by atoms with E-state index in [9.17, 15) is 14.0 Å². The van der Waals surface area contributed by atoms with Gasteiger partial charge in [0.15, 0.2) is 0 Å². The zero-order chi connectivity index (χ0) is 20.5. The normalized spacial score (nSPS) is 16.8. The van der Waals surface area contributed by atoms with Crippen molar-refractivity contribution in [2.24, 2.45) is 7.05 Å². The topological polar surface area (TPSA) is 71.0 Å². The lowest BCUT2D eigenvalue weighted by molar-refractivity contribution is 0.0703. The number of nitrogens with zero attached hydrogens (tertiary/aromatic N) is 3. The first-order valence-electron chi connectivity index (χ1n) is 9.71. The highest BCUT2D eigenvalue weighted by molar-refractivity contribution is 5.94. The summed E-state index contributed by atoms with van der Waals surface area (Å²) in [4.78, 5) is 27.3. The average molecular weight is 394 g/mol. The molecule has 1 amide bonds. The van der Waals surface area contributed by atoms with Crippen LogP contribution in [0, 0.1) is 12.7 Å². The molecule has 2 aromatic heterocycles. The summed E-state index contributed by atoms with van der Waals surface area (Å²) in [5.41, 5.74) is 3.46. The molecule has 0 bridgehead atoms. The van der Waals surface area contributed by atoms with E-state index in [2.05, 4.69) is 10.2 Å². The molecular formula is C22H23FN4O2. The van der Waals surface area contributed by atoms with Gasteiger partial charge in [0.05, 0.1) is 6.20 Å². The highest BCUT2D eigenvalue weighted by Gasteiger charge is 2.29. The van der Waals surface area contributed by atoms with Crippen LogP contribution >= 0.6 is 0 Å². The van der Waals surface area contributed by atoms with Gasteiger partial charge in [0.25, 0.3) is 11.5 Å². The first-order chi connectivity index (χ1) is 14.0. The molecule has 0 radical (unpaired) electrons. The van der Waals surface area contributed by atoms with Gasteiger partial charge < -0.3 is 9.47 Å². The molecule has 1 fully saturated rings. The quantitative estimate of drug-likeness (QED) is 0.741. The Bertz CT molecular complexity index is 1100. The van der Waals surface area contributed by atoms with Crippen molar-refractivity contribution in [3.05, 3.63) is 75.7 Å². The molecule has 7 heteroatoms. The van der Waals surface area contributed by atoms with Crippen molar-refractivity contribution in [1.82, 2.24) is 19.7 Å². The third-order valence-electron chi connectivity index (χ3n) is 5.73. The van der Waals surface area contributed by atoms with Gasteiger partial charge in [0.1, 0.15) is 11.4 Å². The fourth-order valence-corrected chi connectivity index (χ4v) is 3.93. The largest absolute Gasteiger partial charge is 0.338 e. The molecule has 3 heterocycles.